The summed E-state index contributed by atoms with van der Waals surface area (Å²) in [7, 11) is 0. The van der Waals surface area contributed by atoms with E-state index in [1.54, 1.807) is 13.8 Å². The van der Waals surface area contributed by atoms with Gasteiger partial charge in [0.05, 0.1) is 48.1 Å². The fraction of sp³-hybridized carbons (Fsp3) is 0.962. The molecule has 30 nitrogen and oxygen atoms in total. The van der Waals surface area contributed by atoms with E-state index in [9.17, 15) is 101 Å². The van der Waals surface area contributed by atoms with Gasteiger partial charge in [-0.3, -0.25) is 19.2 Å². The van der Waals surface area contributed by atoms with Crippen LogP contribution in [-0.4, -0.2) is 279 Å². The standard InChI is InChI=1S/C76H146O15.C28H50O15/c1-5-9-13-17-21-25-29-33-37-41-45-49-53-57-63(77)61(55-51-47-43-39-35-31-27-23-19-15-11-7-3)73(85)87-59-65-67(79)69(81)71(83)75(89-65)91-76-72(84)70(82)68(80)66(90-76)60-88-74(86)62(56-52-48-44-40-36-32-28-24-20-16-12-8-4)64(78)58-54-50-46-42-38-34-30-26-22-18-14-10-6-2;1-5-9-15(29)13(7-3)25(37)39-11-17-19(31)21(33)23(35)27(41-17)43-28-24(36)22(34)20(32)18(42-28)12-40-26(38)14(8-4)16(30)10-6-2/h61-72,75-84H,5-60H2,1-4H3;13-24,27-36H,5-12H2,1-4H3/t61-,62-,63-,64-,65?,66?,67-,68-,69+,70+,71?,72?,75-,76+;13?,14?,15?,16?,17?,18?,19-,20-,21+,22+,23?,24?,27-,28+/m11/s1. The number of carbonyl (C=O) groups excluding carboxylic acids is 4. The zero-order chi connectivity index (χ0) is 98.8. The highest BCUT2D eigenvalue weighted by Gasteiger charge is 2.53. The molecule has 0 aliphatic carbocycles. The van der Waals surface area contributed by atoms with E-state index >= 15 is 0 Å². The molecule has 4 fully saturated rings. The Morgan fingerprint density at radius 3 is 0.545 bits per heavy atom. The van der Waals surface area contributed by atoms with E-state index in [1.165, 1.54) is 218 Å². The van der Waals surface area contributed by atoms with Crippen LogP contribution in [0.5, 0.6) is 0 Å². The van der Waals surface area contributed by atoms with Crippen LogP contribution in [-0.2, 0) is 66.5 Å². The molecule has 0 amide bonds. The Balaban J connectivity index is 0.000000892. The van der Waals surface area contributed by atoms with Gasteiger partial charge in [0.25, 0.3) is 0 Å². The lowest BCUT2D eigenvalue weighted by Gasteiger charge is -2.44. The summed E-state index contributed by atoms with van der Waals surface area (Å²) in [5.41, 5.74) is 0. The molecule has 792 valence electrons. The van der Waals surface area contributed by atoms with Crippen LogP contribution in [0.15, 0.2) is 0 Å². The Labute approximate surface area is 806 Å². The van der Waals surface area contributed by atoms with E-state index in [0.29, 0.717) is 64.2 Å². The minimum absolute atomic E-state index is 0.293. The summed E-state index contributed by atoms with van der Waals surface area (Å²) in [6.07, 6.45) is 25.3. The van der Waals surface area contributed by atoms with Gasteiger partial charge in [0, 0.05) is 0 Å². The van der Waals surface area contributed by atoms with Crippen LogP contribution >= 0.6 is 0 Å². The highest BCUT2D eigenvalue weighted by Crippen LogP contribution is 2.35. The van der Waals surface area contributed by atoms with Gasteiger partial charge in [-0.2, -0.15) is 0 Å². The number of hydrogen-bond donors (Lipinski definition) is 16. The third-order valence-corrected chi connectivity index (χ3v) is 27.8. The van der Waals surface area contributed by atoms with Crippen molar-refractivity contribution in [2.24, 2.45) is 23.7 Å². The maximum absolute atomic E-state index is 14.0. The second-order valence-corrected chi connectivity index (χ2v) is 39.4. The van der Waals surface area contributed by atoms with Gasteiger partial charge in [0.15, 0.2) is 25.2 Å². The van der Waals surface area contributed by atoms with Crippen LogP contribution in [0, 0.1) is 23.7 Å². The topological polar surface area (TPSA) is 484 Å². The summed E-state index contributed by atoms with van der Waals surface area (Å²) in [5, 5.41) is 173. The Morgan fingerprint density at radius 2 is 0.366 bits per heavy atom. The van der Waals surface area contributed by atoms with Crippen LogP contribution < -0.4 is 0 Å². The van der Waals surface area contributed by atoms with Crippen molar-refractivity contribution in [2.75, 3.05) is 26.4 Å². The molecule has 0 saturated carbocycles. The predicted molar refractivity (Wildman–Crippen MR) is 513 cm³/mol. The number of ether oxygens (including phenoxy) is 10. The normalized spacial score (nSPS) is 27.3. The quantitative estimate of drug-likeness (QED) is 0.0153. The molecule has 0 aromatic rings. The lowest BCUT2D eigenvalue weighted by Crippen LogP contribution is -2.64. The lowest BCUT2D eigenvalue weighted by atomic mass is 9.91. The molecule has 0 radical (unpaired) electrons. The summed E-state index contributed by atoms with van der Waals surface area (Å²) in [6, 6.07) is 0. The summed E-state index contributed by atoms with van der Waals surface area (Å²) in [6.45, 7) is 13.8. The number of unbranched alkanes of at least 4 members (excludes halogenated alkanes) is 46. The Hall–Kier alpha value is -3.00. The second-order valence-electron chi connectivity index (χ2n) is 39.4. The zero-order valence-corrected chi connectivity index (χ0v) is 84.3. The molecule has 12 unspecified atom stereocenters. The van der Waals surface area contributed by atoms with Gasteiger partial charge in [0.2, 0.25) is 0 Å². The molecule has 0 spiro atoms. The number of aliphatic hydroxyl groups is 16. The van der Waals surface area contributed by atoms with Crippen LogP contribution in [0.4, 0.5) is 0 Å². The molecule has 30 heteroatoms. The number of rotatable bonds is 80. The van der Waals surface area contributed by atoms with Crippen molar-refractivity contribution >= 4 is 23.9 Å². The van der Waals surface area contributed by atoms with Crippen molar-refractivity contribution in [3.8, 4) is 0 Å². The SMILES string of the molecule is CCCC(O)C(CC)C(=O)OCC1O[C@H](O[C@@H]2OC(COC(=O)C(CC)C(O)CCC)[C@@H](O)[C@H](O)C2O)C(O)[C@@H](O)[C@@H]1O.CCCCCCCCCCCCCCC[C@@H](O)[C@@H](CCCCCCCCCCCCCC)C(=O)OCC1O[C@H](O[C@@H]2OC(COC(=O)[C@H](CCCCCCCCCCCCCC)[C@H](O)CCCCCCCCCCCCCCC)[C@@H](O)[C@H](O)C2O)C(O)[C@@H](O)[C@@H]1O. The summed E-state index contributed by atoms with van der Waals surface area (Å²) in [5.74, 6) is -6.07. The highest BCUT2D eigenvalue weighted by molar-refractivity contribution is 5.74. The minimum atomic E-state index is -1.89. The maximum Gasteiger partial charge on any atom is 0.311 e. The maximum atomic E-state index is 14.0. The van der Waals surface area contributed by atoms with Gasteiger partial charge < -0.3 is 129 Å². The minimum Gasteiger partial charge on any atom is -0.463 e. The molecular weight excluding hydrogens is 1730 g/mol. The number of aliphatic hydroxyl groups excluding tert-OH is 16. The van der Waals surface area contributed by atoms with Gasteiger partial charge in [0.1, 0.15) is 124 Å². The first-order valence-electron chi connectivity index (χ1n) is 54.1. The molecule has 134 heavy (non-hydrogen) atoms. The summed E-state index contributed by atoms with van der Waals surface area (Å²) >= 11 is 0. The van der Waals surface area contributed by atoms with Crippen LogP contribution in [0.3, 0.4) is 0 Å². The van der Waals surface area contributed by atoms with Gasteiger partial charge >= 0.3 is 23.9 Å². The average Bonchev–Trinajstić information content (AvgIpc) is 0.793. The van der Waals surface area contributed by atoms with Gasteiger partial charge in [-0.25, -0.2) is 0 Å². The molecular formula is C104H196O30. The molecule has 4 rings (SSSR count). The second kappa shape index (κ2) is 77.6. The first-order chi connectivity index (χ1) is 64.6. The molecule has 0 aromatic carbocycles. The Morgan fingerprint density at radius 1 is 0.201 bits per heavy atom. The van der Waals surface area contributed by atoms with Crippen molar-refractivity contribution in [2.45, 2.75) is 588 Å². The van der Waals surface area contributed by atoms with E-state index in [2.05, 4.69) is 27.7 Å². The summed E-state index contributed by atoms with van der Waals surface area (Å²) < 4.78 is 56.3. The molecule has 4 aliphatic rings. The molecule has 0 bridgehead atoms. The summed E-state index contributed by atoms with van der Waals surface area (Å²) in [4.78, 5) is 53.0. The number of esters is 4. The van der Waals surface area contributed by atoms with E-state index < -0.39 is 221 Å². The molecule has 4 heterocycles. The third kappa shape index (κ3) is 50.3. The van der Waals surface area contributed by atoms with Gasteiger partial charge in [-0.05, 0) is 51.4 Å². The van der Waals surface area contributed by atoms with Crippen molar-refractivity contribution in [3.63, 3.8) is 0 Å². The lowest BCUT2D eigenvalue weighted by molar-refractivity contribution is -0.376. The smallest absolute Gasteiger partial charge is 0.311 e. The Kier molecular flexibility index (Phi) is 72.5. The molecule has 0 aromatic heterocycles. The van der Waals surface area contributed by atoms with E-state index in [-0.39, 0.29) is 0 Å². The van der Waals surface area contributed by atoms with Crippen LogP contribution in [0.25, 0.3) is 0 Å². The number of hydrogen-bond acceptors (Lipinski definition) is 30. The van der Waals surface area contributed by atoms with Gasteiger partial charge in [-0.1, -0.05) is 389 Å². The molecule has 4 aliphatic heterocycles. The van der Waals surface area contributed by atoms with Crippen LogP contribution in [0.2, 0.25) is 0 Å². The largest absolute Gasteiger partial charge is 0.463 e. The average molecular weight is 1930 g/mol. The Bertz CT molecular complexity index is 2640. The van der Waals surface area contributed by atoms with E-state index in [1.807, 2.05) is 13.8 Å². The van der Waals surface area contributed by atoms with E-state index in [4.69, 9.17) is 47.4 Å². The fourth-order valence-electron chi connectivity index (χ4n) is 18.7. The first-order valence-corrected chi connectivity index (χ1v) is 54.1. The first kappa shape index (κ1) is 125. The monoisotopic (exact) mass is 1930 g/mol. The number of carbonyl (C=O) groups is 4. The molecule has 16 N–H and O–H groups in total. The van der Waals surface area contributed by atoms with Crippen molar-refractivity contribution in [1.29, 1.82) is 0 Å². The molecule has 28 atom stereocenters. The van der Waals surface area contributed by atoms with E-state index in [0.717, 1.165) is 103 Å². The van der Waals surface area contributed by atoms with Crippen molar-refractivity contribution in [1.82, 2.24) is 0 Å². The fourth-order valence-corrected chi connectivity index (χ4v) is 18.7. The van der Waals surface area contributed by atoms with Crippen molar-refractivity contribution in [3.05, 3.63) is 0 Å². The third-order valence-electron chi connectivity index (χ3n) is 27.8. The highest BCUT2D eigenvalue weighted by atomic mass is 16.8. The van der Waals surface area contributed by atoms with Crippen LogP contribution in [0.1, 0.15) is 441 Å². The van der Waals surface area contributed by atoms with Crippen molar-refractivity contribution < 1.29 is 148 Å². The zero-order valence-electron chi connectivity index (χ0n) is 84.3. The molecule has 4 saturated heterocycles. The van der Waals surface area contributed by atoms with Gasteiger partial charge in [-0.15, -0.1) is 0 Å². The predicted octanol–water partition coefficient (Wildman–Crippen LogP) is 14.9.